The molecule has 7 nitrogen and oxygen atoms in total. The molecule has 3 heterocycles. The fraction of sp³-hybridized carbons (Fsp3) is 0.385. The predicted octanol–water partition coefficient (Wildman–Crippen LogP) is 5.67. The van der Waals surface area contributed by atoms with Crippen molar-refractivity contribution in [2.24, 2.45) is 5.92 Å². The molecule has 190 valence electrons. The molecule has 1 aliphatic heterocycles. The molecule has 1 fully saturated rings. The SMILES string of the molecule is CSc1nccc(-c2ccn(C(c3ccc(Cl)c(F)c3)C3CCN(C(=O)OC(C)(C)C)C3)c(=O)c2)n1. The predicted molar refractivity (Wildman–Crippen MR) is 139 cm³/mol. The van der Waals surface area contributed by atoms with Gasteiger partial charge in [-0.1, -0.05) is 29.4 Å². The highest BCUT2D eigenvalue weighted by Crippen LogP contribution is 2.35. The lowest BCUT2D eigenvalue weighted by Crippen LogP contribution is -2.37. The molecule has 4 rings (SSSR count). The third kappa shape index (κ3) is 5.90. The van der Waals surface area contributed by atoms with Crippen molar-refractivity contribution >= 4 is 29.5 Å². The van der Waals surface area contributed by atoms with E-state index in [0.29, 0.717) is 41.5 Å². The minimum Gasteiger partial charge on any atom is -0.444 e. The Morgan fingerprint density at radius 1 is 1.25 bits per heavy atom. The summed E-state index contributed by atoms with van der Waals surface area (Å²) in [5.41, 5.74) is 1.04. The smallest absolute Gasteiger partial charge is 0.410 e. The van der Waals surface area contributed by atoms with Crippen LogP contribution in [0, 0.1) is 11.7 Å². The number of pyridine rings is 1. The topological polar surface area (TPSA) is 77.3 Å². The molecule has 1 aliphatic rings. The van der Waals surface area contributed by atoms with Gasteiger partial charge in [0.1, 0.15) is 11.4 Å². The molecule has 10 heteroatoms. The Labute approximate surface area is 218 Å². The molecule has 2 atom stereocenters. The lowest BCUT2D eigenvalue weighted by Gasteiger charge is -2.28. The highest BCUT2D eigenvalue weighted by atomic mass is 35.5. The molecule has 2 aromatic heterocycles. The quantitative estimate of drug-likeness (QED) is 0.312. The van der Waals surface area contributed by atoms with Gasteiger partial charge < -0.3 is 14.2 Å². The number of ether oxygens (including phenoxy) is 1. The van der Waals surface area contributed by atoms with Crippen molar-refractivity contribution in [3.8, 4) is 11.3 Å². The monoisotopic (exact) mass is 530 g/mol. The second kappa shape index (κ2) is 10.6. The van der Waals surface area contributed by atoms with Crippen molar-refractivity contribution in [2.45, 2.75) is 44.0 Å². The standard InChI is InChI=1S/C26H28ClFN4O3S/c1-26(2,3)35-25(34)31-11-8-18(15-31)23(17-5-6-19(27)20(28)13-17)32-12-9-16(14-22(32)33)21-7-10-29-24(30-21)36-4/h5-7,9-10,12-14,18,23H,8,11,15H2,1-4H3. The van der Waals surface area contributed by atoms with E-state index >= 15 is 0 Å². The summed E-state index contributed by atoms with van der Waals surface area (Å²) >= 11 is 7.35. The number of carbonyl (C=O) groups excluding carboxylic acids is 1. The number of hydrogen-bond acceptors (Lipinski definition) is 6. The van der Waals surface area contributed by atoms with Crippen molar-refractivity contribution in [1.29, 1.82) is 0 Å². The van der Waals surface area contributed by atoms with Crippen LogP contribution in [-0.2, 0) is 4.74 Å². The second-order valence-electron chi connectivity index (χ2n) is 9.68. The Morgan fingerprint density at radius 3 is 2.69 bits per heavy atom. The molecule has 3 aromatic rings. The minimum atomic E-state index is -0.613. The normalized spacial score (nSPS) is 16.7. The summed E-state index contributed by atoms with van der Waals surface area (Å²) in [4.78, 5) is 36.3. The van der Waals surface area contributed by atoms with Crippen LogP contribution < -0.4 is 5.56 Å². The maximum absolute atomic E-state index is 14.5. The summed E-state index contributed by atoms with van der Waals surface area (Å²) in [6.07, 6.45) is 5.47. The van der Waals surface area contributed by atoms with Crippen molar-refractivity contribution < 1.29 is 13.9 Å². The van der Waals surface area contributed by atoms with E-state index in [0.717, 1.165) is 0 Å². The van der Waals surface area contributed by atoms with Gasteiger partial charge in [-0.2, -0.15) is 0 Å². The maximum atomic E-state index is 14.5. The molecule has 0 aliphatic carbocycles. The Kier molecular flexibility index (Phi) is 7.70. The molecule has 1 saturated heterocycles. The van der Waals surface area contributed by atoms with E-state index in [9.17, 15) is 14.0 Å². The largest absolute Gasteiger partial charge is 0.444 e. The van der Waals surface area contributed by atoms with Crippen LogP contribution in [0.4, 0.5) is 9.18 Å². The first kappa shape index (κ1) is 26.2. The van der Waals surface area contributed by atoms with E-state index < -0.39 is 23.6 Å². The molecule has 36 heavy (non-hydrogen) atoms. The molecule has 1 aromatic carbocycles. The molecular weight excluding hydrogens is 503 g/mol. The van der Waals surface area contributed by atoms with E-state index in [1.165, 1.54) is 30.0 Å². The Balaban J connectivity index is 1.70. The Bertz CT molecular complexity index is 1330. The van der Waals surface area contributed by atoms with E-state index in [-0.39, 0.29) is 16.5 Å². The van der Waals surface area contributed by atoms with Gasteiger partial charge in [0.15, 0.2) is 5.16 Å². The van der Waals surface area contributed by atoms with Crippen LogP contribution in [0.2, 0.25) is 5.02 Å². The van der Waals surface area contributed by atoms with Crippen LogP contribution in [0.5, 0.6) is 0 Å². The Hall–Kier alpha value is -2.91. The number of carbonyl (C=O) groups is 1. The van der Waals surface area contributed by atoms with Crippen molar-refractivity contribution in [1.82, 2.24) is 19.4 Å². The van der Waals surface area contributed by atoms with Gasteiger partial charge >= 0.3 is 6.09 Å². The molecule has 2 unspecified atom stereocenters. The summed E-state index contributed by atoms with van der Waals surface area (Å²) in [7, 11) is 0. The average Bonchev–Trinajstić information content (AvgIpc) is 3.31. The number of likely N-dealkylation sites (tertiary alicyclic amines) is 1. The molecule has 0 N–H and O–H groups in total. The first-order valence-electron chi connectivity index (χ1n) is 11.6. The lowest BCUT2D eigenvalue weighted by atomic mass is 9.91. The average molecular weight is 531 g/mol. The first-order valence-corrected chi connectivity index (χ1v) is 13.2. The number of aromatic nitrogens is 3. The molecule has 1 amide bonds. The van der Waals surface area contributed by atoms with Crippen LogP contribution in [0.1, 0.15) is 38.8 Å². The number of hydrogen-bond donors (Lipinski definition) is 0. The number of amides is 1. The van der Waals surface area contributed by atoms with E-state index in [1.54, 1.807) is 34.0 Å². The van der Waals surface area contributed by atoms with Gasteiger partial charge in [0.05, 0.1) is 16.8 Å². The van der Waals surface area contributed by atoms with E-state index in [4.69, 9.17) is 16.3 Å². The van der Waals surface area contributed by atoms with Crippen molar-refractivity contribution in [3.05, 3.63) is 75.5 Å². The second-order valence-corrected chi connectivity index (χ2v) is 10.9. The molecular formula is C26H28ClFN4O3S. The van der Waals surface area contributed by atoms with Crippen molar-refractivity contribution in [3.63, 3.8) is 0 Å². The summed E-state index contributed by atoms with van der Waals surface area (Å²) in [6, 6.07) is 9.16. The molecule has 0 spiro atoms. The summed E-state index contributed by atoms with van der Waals surface area (Å²) < 4.78 is 21.6. The summed E-state index contributed by atoms with van der Waals surface area (Å²) in [5.74, 6) is -0.694. The van der Waals surface area contributed by atoms with Crippen LogP contribution >= 0.6 is 23.4 Å². The van der Waals surface area contributed by atoms with Crippen LogP contribution in [0.15, 0.2) is 58.7 Å². The van der Waals surface area contributed by atoms with E-state index in [2.05, 4.69) is 9.97 Å². The third-order valence-electron chi connectivity index (χ3n) is 5.97. The lowest BCUT2D eigenvalue weighted by molar-refractivity contribution is 0.0285. The Morgan fingerprint density at radius 2 is 2.03 bits per heavy atom. The van der Waals surface area contributed by atoms with Gasteiger partial charge in [-0.25, -0.2) is 19.2 Å². The highest BCUT2D eigenvalue weighted by Gasteiger charge is 2.36. The van der Waals surface area contributed by atoms with Gasteiger partial charge in [0, 0.05) is 43.0 Å². The summed E-state index contributed by atoms with van der Waals surface area (Å²) in [6.45, 7) is 6.31. The van der Waals surface area contributed by atoms with Crippen LogP contribution in [0.3, 0.4) is 0 Å². The number of halogens is 2. The number of benzene rings is 1. The van der Waals surface area contributed by atoms with Crippen LogP contribution in [-0.4, -0.2) is 50.5 Å². The third-order valence-corrected chi connectivity index (χ3v) is 6.84. The van der Waals surface area contributed by atoms with Crippen LogP contribution in [0.25, 0.3) is 11.3 Å². The number of rotatable bonds is 5. The highest BCUT2D eigenvalue weighted by molar-refractivity contribution is 7.98. The van der Waals surface area contributed by atoms with Crippen molar-refractivity contribution in [2.75, 3.05) is 19.3 Å². The van der Waals surface area contributed by atoms with Gasteiger partial charge in [-0.15, -0.1) is 0 Å². The maximum Gasteiger partial charge on any atom is 0.410 e. The fourth-order valence-electron chi connectivity index (χ4n) is 4.37. The molecule has 0 radical (unpaired) electrons. The van der Waals surface area contributed by atoms with E-state index in [1.807, 2.05) is 33.1 Å². The van der Waals surface area contributed by atoms with Gasteiger partial charge in [0.2, 0.25) is 0 Å². The number of nitrogens with zero attached hydrogens (tertiary/aromatic N) is 4. The number of thioether (sulfide) groups is 1. The first-order chi connectivity index (χ1) is 17.1. The molecule has 0 saturated carbocycles. The van der Waals surface area contributed by atoms with Gasteiger partial charge in [-0.05, 0) is 63.3 Å². The van der Waals surface area contributed by atoms with Gasteiger partial charge in [0.25, 0.3) is 5.56 Å². The zero-order chi connectivity index (χ0) is 26.0. The zero-order valence-corrected chi connectivity index (χ0v) is 22.1. The minimum absolute atomic E-state index is 0.00959. The summed E-state index contributed by atoms with van der Waals surface area (Å²) in [5, 5.41) is 0.620. The molecule has 0 bridgehead atoms. The van der Waals surface area contributed by atoms with Gasteiger partial charge in [-0.3, -0.25) is 4.79 Å². The zero-order valence-electron chi connectivity index (χ0n) is 20.6. The fourth-order valence-corrected chi connectivity index (χ4v) is 4.85.